The van der Waals surface area contributed by atoms with E-state index in [9.17, 15) is 0 Å². The van der Waals surface area contributed by atoms with Gasteiger partial charge in [-0.05, 0) is 97.1 Å². The molecule has 304 valence electrons. The molecular formula is C63H41NO. The monoisotopic (exact) mass is 827 g/mol. The highest BCUT2D eigenvalue weighted by molar-refractivity contribution is 6.24. The number of hydrogen-bond acceptors (Lipinski definition) is 2. The fourth-order valence-electron chi connectivity index (χ4n) is 10.9. The van der Waals surface area contributed by atoms with Crippen LogP contribution in [0.15, 0.2) is 253 Å². The summed E-state index contributed by atoms with van der Waals surface area (Å²) in [4.78, 5) is 2.44. The van der Waals surface area contributed by atoms with E-state index in [1.54, 1.807) is 0 Å². The minimum atomic E-state index is -0.526. The molecule has 0 atom stereocenters. The van der Waals surface area contributed by atoms with Gasteiger partial charge in [0.05, 0.1) is 11.1 Å². The van der Waals surface area contributed by atoms with Gasteiger partial charge in [0.2, 0.25) is 0 Å². The summed E-state index contributed by atoms with van der Waals surface area (Å²) in [6.07, 6.45) is 0. The van der Waals surface area contributed by atoms with Gasteiger partial charge in [0.25, 0.3) is 0 Å². The van der Waals surface area contributed by atoms with E-state index in [0.717, 1.165) is 66.6 Å². The average Bonchev–Trinajstić information content (AvgIpc) is 3.91. The SMILES string of the molecule is c1ccc(-c2ccccc2N(c2ccc(-c3cccc4c3oc3c4ccc4ccc5ccccc5c43)cc2)c2ccc3c(c2)C(c2ccccc2)(c2ccccc2)c2ccccc2-3)cc1. The molecule has 11 aromatic carbocycles. The average molecular weight is 828 g/mol. The van der Waals surface area contributed by atoms with Gasteiger partial charge in [0.15, 0.2) is 0 Å². The van der Waals surface area contributed by atoms with E-state index in [0.29, 0.717) is 0 Å². The maximum absolute atomic E-state index is 6.99. The standard InChI is InChI=1S/C63H41NO/c1-4-17-42(18-5-1)50-24-13-15-30-59(50)64(49-38-40-54-53-26-12-14-29-57(53)63(58(54)41-49,46-20-6-2-7-21-46)47-22-8-3-9-23-47)48-36-33-44(34-37-48)52-27-16-28-55-56-39-35-45-32-31-43-19-10-11-25-51(43)60(45)62(56)65-61(52)55/h1-41H. The summed E-state index contributed by atoms with van der Waals surface area (Å²) in [5, 5.41) is 7.00. The summed E-state index contributed by atoms with van der Waals surface area (Å²) < 4.78 is 6.99. The van der Waals surface area contributed by atoms with Gasteiger partial charge >= 0.3 is 0 Å². The maximum atomic E-state index is 6.99. The van der Waals surface area contributed by atoms with Crippen molar-refractivity contribution in [1.82, 2.24) is 0 Å². The summed E-state index contributed by atoms with van der Waals surface area (Å²) >= 11 is 0. The Morgan fingerprint density at radius 3 is 1.66 bits per heavy atom. The van der Waals surface area contributed by atoms with Crippen molar-refractivity contribution in [3.05, 3.63) is 271 Å². The van der Waals surface area contributed by atoms with Gasteiger partial charge in [-0.3, -0.25) is 0 Å². The first kappa shape index (κ1) is 37.1. The lowest BCUT2D eigenvalue weighted by atomic mass is 9.67. The van der Waals surface area contributed by atoms with Gasteiger partial charge in [-0.25, -0.2) is 0 Å². The molecule has 1 aliphatic carbocycles. The van der Waals surface area contributed by atoms with Gasteiger partial charge in [0, 0.05) is 38.7 Å². The van der Waals surface area contributed by atoms with Crippen LogP contribution in [0.5, 0.6) is 0 Å². The number of hydrogen-bond donors (Lipinski definition) is 0. The number of furan rings is 1. The number of anilines is 3. The summed E-state index contributed by atoms with van der Waals surface area (Å²) in [6.45, 7) is 0. The first-order valence-electron chi connectivity index (χ1n) is 22.4. The van der Waals surface area contributed by atoms with Crippen LogP contribution in [0, 0.1) is 0 Å². The first-order chi connectivity index (χ1) is 32.3. The molecule has 1 heterocycles. The smallest absolute Gasteiger partial charge is 0.143 e. The second kappa shape index (κ2) is 14.8. The Balaban J connectivity index is 1.01. The Kier molecular flexibility index (Phi) is 8.47. The zero-order valence-electron chi connectivity index (χ0n) is 35.5. The molecule has 0 fully saturated rings. The molecule has 0 N–H and O–H groups in total. The van der Waals surface area contributed by atoms with Gasteiger partial charge in [-0.2, -0.15) is 0 Å². The van der Waals surface area contributed by atoms with Crippen LogP contribution < -0.4 is 4.90 Å². The van der Waals surface area contributed by atoms with Crippen LogP contribution in [0.2, 0.25) is 0 Å². The molecule has 0 amide bonds. The van der Waals surface area contributed by atoms with E-state index in [1.807, 2.05) is 0 Å². The van der Waals surface area contributed by atoms with Crippen molar-refractivity contribution >= 4 is 60.5 Å². The maximum Gasteiger partial charge on any atom is 0.143 e. The van der Waals surface area contributed by atoms with Crippen molar-refractivity contribution in [3.63, 3.8) is 0 Å². The summed E-state index contributed by atoms with van der Waals surface area (Å²) in [5.41, 5.74) is 16.6. The fourth-order valence-corrected chi connectivity index (χ4v) is 10.9. The Hall–Kier alpha value is -8.46. The van der Waals surface area contributed by atoms with Crippen LogP contribution in [-0.4, -0.2) is 0 Å². The van der Waals surface area contributed by atoms with E-state index in [-0.39, 0.29) is 0 Å². The Labute approximate surface area is 377 Å². The molecule has 12 aromatic rings. The molecule has 0 aliphatic heterocycles. The lowest BCUT2D eigenvalue weighted by Crippen LogP contribution is -2.28. The molecule has 0 saturated heterocycles. The largest absolute Gasteiger partial charge is 0.455 e. The van der Waals surface area contributed by atoms with Gasteiger partial charge in [0.1, 0.15) is 11.2 Å². The van der Waals surface area contributed by atoms with Crippen molar-refractivity contribution in [3.8, 4) is 33.4 Å². The van der Waals surface area contributed by atoms with Crippen molar-refractivity contribution < 1.29 is 4.42 Å². The molecule has 13 rings (SSSR count). The first-order valence-corrected chi connectivity index (χ1v) is 22.4. The molecule has 0 saturated carbocycles. The molecule has 1 aliphatic rings. The highest BCUT2D eigenvalue weighted by atomic mass is 16.3. The number of fused-ring (bicyclic) bond motifs is 10. The predicted molar refractivity (Wildman–Crippen MR) is 272 cm³/mol. The summed E-state index contributed by atoms with van der Waals surface area (Å²) in [5.74, 6) is 0. The van der Waals surface area contributed by atoms with Crippen LogP contribution in [0.25, 0.3) is 76.9 Å². The van der Waals surface area contributed by atoms with Crippen molar-refractivity contribution in [2.24, 2.45) is 0 Å². The van der Waals surface area contributed by atoms with Crippen LogP contribution in [-0.2, 0) is 5.41 Å². The van der Waals surface area contributed by atoms with E-state index < -0.39 is 5.41 Å². The lowest BCUT2D eigenvalue weighted by molar-refractivity contribution is 0.674. The van der Waals surface area contributed by atoms with E-state index >= 15 is 0 Å². The van der Waals surface area contributed by atoms with Crippen molar-refractivity contribution in [1.29, 1.82) is 0 Å². The highest BCUT2D eigenvalue weighted by Crippen LogP contribution is 2.57. The third-order valence-electron chi connectivity index (χ3n) is 13.7. The predicted octanol–water partition coefficient (Wildman–Crippen LogP) is 17.1. The molecule has 0 unspecified atom stereocenters. The zero-order chi connectivity index (χ0) is 42.9. The van der Waals surface area contributed by atoms with Gasteiger partial charge in [-0.1, -0.05) is 212 Å². The normalized spacial score (nSPS) is 12.7. The third kappa shape index (κ3) is 5.67. The molecule has 0 radical (unpaired) electrons. The van der Waals surface area contributed by atoms with Crippen LogP contribution >= 0.6 is 0 Å². The van der Waals surface area contributed by atoms with Gasteiger partial charge < -0.3 is 9.32 Å². The number of para-hydroxylation sites is 2. The Bertz CT molecular complexity index is 3720. The molecule has 1 aromatic heterocycles. The Morgan fingerprint density at radius 2 is 0.877 bits per heavy atom. The molecule has 65 heavy (non-hydrogen) atoms. The quantitative estimate of drug-likeness (QED) is 0.149. The van der Waals surface area contributed by atoms with E-state index in [4.69, 9.17) is 4.42 Å². The molecular weight excluding hydrogens is 787 g/mol. The minimum Gasteiger partial charge on any atom is -0.455 e. The third-order valence-corrected chi connectivity index (χ3v) is 13.7. The zero-order valence-corrected chi connectivity index (χ0v) is 35.5. The summed E-state index contributed by atoms with van der Waals surface area (Å²) in [7, 11) is 0. The second-order valence-electron chi connectivity index (χ2n) is 17.1. The van der Waals surface area contributed by atoms with Crippen LogP contribution in [0.4, 0.5) is 17.1 Å². The second-order valence-corrected chi connectivity index (χ2v) is 17.1. The van der Waals surface area contributed by atoms with Crippen LogP contribution in [0.3, 0.4) is 0 Å². The summed E-state index contributed by atoms with van der Waals surface area (Å²) in [6, 6.07) is 90.7. The number of benzene rings is 11. The molecule has 0 spiro atoms. The van der Waals surface area contributed by atoms with E-state index in [1.165, 1.54) is 49.5 Å². The topological polar surface area (TPSA) is 16.4 Å². The van der Waals surface area contributed by atoms with Crippen molar-refractivity contribution in [2.45, 2.75) is 5.41 Å². The number of nitrogens with zero attached hydrogens (tertiary/aromatic N) is 1. The molecule has 0 bridgehead atoms. The lowest BCUT2D eigenvalue weighted by Gasteiger charge is -2.35. The highest BCUT2D eigenvalue weighted by Gasteiger charge is 2.46. The van der Waals surface area contributed by atoms with Gasteiger partial charge in [-0.15, -0.1) is 0 Å². The Morgan fingerprint density at radius 1 is 0.323 bits per heavy atom. The molecule has 2 heteroatoms. The minimum absolute atomic E-state index is 0.526. The fraction of sp³-hybridized carbons (Fsp3) is 0.0159. The number of rotatable bonds is 7. The van der Waals surface area contributed by atoms with Crippen molar-refractivity contribution in [2.75, 3.05) is 4.90 Å². The van der Waals surface area contributed by atoms with E-state index in [2.05, 4.69) is 254 Å². The van der Waals surface area contributed by atoms with Crippen LogP contribution in [0.1, 0.15) is 22.3 Å². The molecule has 2 nitrogen and oxygen atoms in total.